The van der Waals surface area contributed by atoms with Crippen LogP contribution in [0.4, 0.5) is 0 Å². The number of ether oxygens (including phenoxy) is 1. The third-order valence-electron chi connectivity index (χ3n) is 4.35. The molecule has 6 nitrogen and oxygen atoms in total. The van der Waals surface area contributed by atoms with Gasteiger partial charge in [0.25, 0.3) is 0 Å². The molecule has 1 atom stereocenters. The molecule has 1 N–H and O–H groups in total. The zero-order valence-electron chi connectivity index (χ0n) is 13.7. The number of nitrogens with zero attached hydrogens (tertiary/aromatic N) is 1. The first-order chi connectivity index (χ1) is 11.4. The Hall–Kier alpha value is -2.12. The summed E-state index contributed by atoms with van der Waals surface area (Å²) in [7, 11) is -0.848. The molecule has 1 aromatic carbocycles. The predicted molar refractivity (Wildman–Crippen MR) is 89.2 cm³/mol. The molecule has 3 rings (SSSR count). The fraction of sp³-hybridized carbons (Fsp3) is 0.353. The molecule has 0 aliphatic heterocycles. The molecule has 1 aliphatic rings. The Balaban J connectivity index is 1.89. The number of carbonyl (C=O) groups is 1. The molecule has 0 spiro atoms. The van der Waals surface area contributed by atoms with Crippen LogP contribution in [0.1, 0.15) is 40.5 Å². The van der Waals surface area contributed by atoms with E-state index >= 15 is 0 Å². The number of hydrogen-bond donors (Lipinski definition) is 1. The largest absolute Gasteiger partial charge is 0.464 e. The first-order valence-electron chi connectivity index (χ1n) is 7.77. The van der Waals surface area contributed by atoms with Crippen LogP contribution in [-0.4, -0.2) is 26.1 Å². The molecule has 2 aromatic rings. The summed E-state index contributed by atoms with van der Waals surface area (Å²) in [6, 6.07) is 8.98. The Morgan fingerprint density at radius 1 is 1.33 bits per heavy atom. The second-order valence-corrected chi connectivity index (χ2v) is 7.64. The molecule has 0 unspecified atom stereocenters. The lowest BCUT2D eigenvalue weighted by Crippen LogP contribution is -2.30. The van der Waals surface area contributed by atoms with E-state index in [-0.39, 0.29) is 16.6 Å². The Bertz CT molecular complexity index is 870. The zero-order valence-corrected chi connectivity index (χ0v) is 14.5. The van der Waals surface area contributed by atoms with Gasteiger partial charge in [0.2, 0.25) is 10.0 Å². The van der Waals surface area contributed by atoms with Crippen LogP contribution >= 0.6 is 0 Å². The number of sulfonamides is 1. The highest BCUT2D eigenvalue weighted by molar-refractivity contribution is 7.89. The maximum atomic E-state index is 12.7. The zero-order chi connectivity index (χ0) is 17.3. The van der Waals surface area contributed by atoms with Crippen LogP contribution < -0.4 is 4.72 Å². The molecular weight excluding hydrogens is 328 g/mol. The average Bonchev–Trinajstić information content (AvgIpc) is 2.97. The molecule has 1 aromatic heterocycles. The van der Waals surface area contributed by atoms with Gasteiger partial charge in [-0.3, -0.25) is 0 Å². The molecule has 0 bridgehead atoms. The van der Waals surface area contributed by atoms with Crippen LogP contribution in [0.25, 0.3) is 0 Å². The van der Waals surface area contributed by atoms with Gasteiger partial charge in [-0.15, -0.1) is 0 Å². The van der Waals surface area contributed by atoms with Crippen molar-refractivity contribution >= 4 is 16.0 Å². The van der Waals surface area contributed by atoms with Gasteiger partial charge in [-0.1, -0.05) is 24.3 Å². The van der Waals surface area contributed by atoms with Crippen molar-refractivity contribution in [3.05, 3.63) is 53.3 Å². The van der Waals surface area contributed by atoms with Crippen molar-refractivity contribution in [2.75, 3.05) is 7.11 Å². The van der Waals surface area contributed by atoms with Crippen molar-refractivity contribution in [3.8, 4) is 0 Å². The van der Waals surface area contributed by atoms with Crippen molar-refractivity contribution in [2.45, 2.75) is 30.2 Å². The molecule has 0 radical (unpaired) electrons. The SMILES string of the molecule is COC(=O)c1cc(S(=O)(=O)N[C@@H]2CCCc3ccccc32)cn1C. The Labute approximate surface area is 141 Å². The van der Waals surface area contributed by atoms with Crippen LogP contribution in [0.2, 0.25) is 0 Å². The molecule has 0 saturated heterocycles. The van der Waals surface area contributed by atoms with E-state index in [1.54, 1.807) is 7.05 Å². The molecule has 1 aliphatic carbocycles. The molecule has 1 heterocycles. The normalized spacial score (nSPS) is 17.3. The van der Waals surface area contributed by atoms with Crippen LogP contribution in [0.5, 0.6) is 0 Å². The third kappa shape index (κ3) is 3.09. The summed E-state index contributed by atoms with van der Waals surface area (Å²) in [5, 5.41) is 0. The number of nitrogens with one attached hydrogen (secondary N) is 1. The summed E-state index contributed by atoms with van der Waals surface area (Å²) in [6.07, 6.45) is 4.08. The summed E-state index contributed by atoms with van der Waals surface area (Å²) in [6.45, 7) is 0. The van der Waals surface area contributed by atoms with Crippen LogP contribution in [0.3, 0.4) is 0 Å². The molecule has 128 valence electrons. The van der Waals surface area contributed by atoms with E-state index in [1.807, 2.05) is 24.3 Å². The molecule has 7 heteroatoms. The van der Waals surface area contributed by atoms with Crippen molar-refractivity contribution in [1.82, 2.24) is 9.29 Å². The summed E-state index contributed by atoms with van der Waals surface area (Å²) < 4.78 is 34.3. The number of aromatic nitrogens is 1. The second kappa shape index (κ2) is 6.41. The summed E-state index contributed by atoms with van der Waals surface area (Å²) in [5.41, 5.74) is 2.40. The standard InChI is InChI=1S/C17H20N2O4S/c1-19-11-13(10-16(19)17(20)23-2)24(21,22)18-15-9-5-7-12-6-3-4-8-14(12)15/h3-4,6,8,10-11,15,18H,5,7,9H2,1-2H3/t15-/m1/s1. The van der Waals surface area contributed by atoms with Gasteiger partial charge in [0.05, 0.1) is 7.11 Å². The molecular formula is C17H20N2O4S. The van der Waals surface area contributed by atoms with Gasteiger partial charge in [0, 0.05) is 19.3 Å². The average molecular weight is 348 g/mol. The number of aryl methyl sites for hydroxylation is 2. The highest BCUT2D eigenvalue weighted by Crippen LogP contribution is 2.31. The minimum atomic E-state index is -3.72. The van der Waals surface area contributed by atoms with Crippen LogP contribution in [-0.2, 0) is 28.2 Å². The van der Waals surface area contributed by atoms with Gasteiger partial charge >= 0.3 is 5.97 Å². The highest BCUT2D eigenvalue weighted by Gasteiger charge is 2.27. The van der Waals surface area contributed by atoms with Gasteiger partial charge < -0.3 is 9.30 Å². The smallest absolute Gasteiger partial charge is 0.354 e. The van der Waals surface area contributed by atoms with E-state index in [0.29, 0.717) is 0 Å². The minimum Gasteiger partial charge on any atom is -0.464 e. The number of methoxy groups -OCH3 is 1. The van der Waals surface area contributed by atoms with E-state index < -0.39 is 16.0 Å². The van der Waals surface area contributed by atoms with Crippen molar-refractivity contribution in [2.24, 2.45) is 7.05 Å². The van der Waals surface area contributed by atoms with E-state index in [9.17, 15) is 13.2 Å². The van der Waals surface area contributed by atoms with E-state index in [2.05, 4.69) is 9.46 Å². The van der Waals surface area contributed by atoms with E-state index in [4.69, 9.17) is 0 Å². The number of benzene rings is 1. The first-order valence-corrected chi connectivity index (χ1v) is 9.25. The number of rotatable bonds is 4. The molecule has 24 heavy (non-hydrogen) atoms. The molecule has 0 saturated carbocycles. The number of fused-ring (bicyclic) bond motifs is 1. The summed E-state index contributed by atoms with van der Waals surface area (Å²) >= 11 is 0. The van der Waals surface area contributed by atoms with E-state index in [0.717, 1.165) is 24.8 Å². The minimum absolute atomic E-state index is 0.0634. The Morgan fingerprint density at radius 2 is 2.08 bits per heavy atom. The monoisotopic (exact) mass is 348 g/mol. The van der Waals surface area contributed by atoms with Gasteiger partial charge in [-0.25, -0.2) is 17.9 Å². The third-order valence-corrected chi connectivity index (χ3v) is 5.79. The summed E-state index contributed by atoms with van der Waals surface area (Å²) in [5.74, 6) is -0.568. The van der Waals surface area contributed by atoms with E-state index in [1.165, 1.54) is 29.5 Å². The van der Waals surface area contributed by atoms with Crippen molar-refractivity contribution in [1.29, 1.82) is 0 Å². The van der Waals surface area contributed by atoms with Crippen LogP contribution in [0.15, 0.2) is 41.4 Å². The topological polar surface area (TPSA) is 77.4 Å². The Kier molecular flexibility index (Phi) is 4.47. The van der Waals surface area contributed by atoms with Crippen molar-refractivity contribution < 1.29 is 17.9 Å². The lowest BCUT2D eigenvalue weighted by Gasteiger charge is -2.25. The van der Waals surface area contributed by atoms with Gasteiger partial charge in [-0.2, -0.15) is 0 Å². The highest BCUT2D eigenvalue weighted by atomic mass is 32.2. The number of esters is 1. The quantitative estimate of drug-likeness (QED) is 0.859. The lowest BCUT2D eigenvalue weighted by molar-refractivity contribution is 0.0590. The fourth-order valence-electron chi connectivity index (χ4n) is 3.12. The lowest BCUT2D eigenvalue weighted by atomic mass is 9.88. The second-order valence-electron chi connectivity index (χ2n) is 5.93. The maximum Gasteiger partial charge on any atom is 0.354 e. The summed E-state index contributed by atoms with van der Waals surface area (Å²) in [4.78, 5) is 11.7. The number of carbonyl (C=O) groups excluding carboxylic acids is 1. The Morgan fingerprint density at radius 3 is 2.83 bits per heavy atom. The molecule has 0 amide bonds. The van der Waals surface area contributed by atoms with Gasteiger partial charge in [0.15, 0.2) is 0 Å². The molecule has 0 fully saturated rings. The number of hydrogen-bond acceptors (Lipinski definition) is 4. The van der Waals surface area contributed by atoms with Gasteiger partial charge in [0.1, 0.15) is 10.6 Å². The van der Waals surface area contributed by atoms with Crippen molar-refractivity contribution in [3.63, 3.8) is 0 Å². The van der Waals surface area contributed by atoms with Gasteiger partial charge in [-0.05, 0) is 36.5 Å². The maximum absolute atomic E-state index is 12.7. The fourth-order valence-corrected chi connectivity index (χ4v) is 4.44. The first kappa shape index (κ1) is 16.7. The predicted octanol–water partition coefficient (Wildman–Crippen LogP) is 2.17. The van der Waals surface area contributed by atoms with Crippen LogP contribution in [0, 0.1) is 0 Å².